The normalized spacial score (nSPS) is 33.0. The van der Waals surface area contributed by atoms with E-state index in [1.807, 2.05) is 11.8 Å². The summed E-state index contributed by atoms with van der Waals surface area (Å²) < 4.78 is 45.9. The topological polar surface area (TPSA) is 69.0 Å². The summed E-state index contributed by atoms with van der Waals surface area (Å²) >= 11 is 1.87. The molecule has 5 unspecified atom stereocenters. The van der Waals surface area contributed by atoms with Crippen molar-refractivity contribution in [2.45, 2.75) is 81.2 Å². The molecule has 220 valence electrons. The van der Waals surface area contributed by atoms with Gasteiger partial charge < -0.3 is 5.32 Å². The highest BCUT2D eigenvalue weighted by atomic mass is 32.2. The molecule has 5 heterocycles. The Bertz CT molecular complexity index is 1280. The second-order valence-corrected chi connectivity index (χ2v) is 13.9. The lowest BCUT2D eigenvalue weighted by Crippen LogP contribution is -2.50. The highest BCUT2D eigenvalue weighted by Gasteiger charge is 2.44. The molecular weight excluding hydrogens is 539 g/mol. The first-order valence-electron chi connectivity index (χ1n) is 14.9. The van der Waals surface area contributed by atoms with Crippen molar-refractivity contribution in [1.29, 1.82) is 0 Å². The van der Waals surface area contributed by atoms with Crippen LogP contribution in [0.25, 0.3) is 5.52 Å². The van der Waals surface area contributed by atoms with Gasteiger partial charge in [-0.25, -0.2) is 15.6 Å². The fraction of sp³-hybridized carbons (Fsp3) is 0.750. The fourth-order valence-corrected chi connectivity index (χ4v) is 9.36. The minimum atomic E-state index is -4.53. The second kappa shape index (κ2) is 10.6. The Morgan fingerprint density at radius 3 is 2.60 bits per heavy atom. The van der Waals surface area contributed by atoms with Gasteiger partial charge in [0.05, 0.1) is 23.9 Å². The molecule has 2 aromatic heterocycles. The van der Waals surface area contributed by atoms with Gasteiger partial charge in [0.1, 0.15) is 0 Å². The smallest absolute Gasteiger partial charge is 0.303 e. The lowest BCUT2D eigenvalue weighted by molar-refractivity contribution is -0.136. The van der Waals surface area contributed by atoms with Gasteiger partial charge in [0.25, 0.3) is 0 Å². The maximum atomic E-state index is 14.3. The Morgan fingerprint density at radius 2 is 1.90 bits per heavy atom. The molecule has 7 rings (SSSR count). The van der Waals surface area contributed by atoms with Crippen molar-refractivity contribution in [3.8, 4) is 0 Å². The third-order valence-electron chi connectivity index (χ3n) is 10.3. The predicted molar refractivity (Wildman–Crippen MR) is 150 cm³/mol. The number of hydrazine groups is 1. The van der Waals surface area contributed by atoms with Crippen LogP contribution in [0.2, 0.25) is 0 Å². The van der Waals surface area contributed by atoms with Crippen LogP contribution in [-0.2, 0) is 12.7 Å². The Morgan fingerprint density at radius 1 is 1.10 bits per heavy atom. The summed E-state index contributed by atoms with van der Waals surface area (Å²) in [4.78, 5) is 18.3. The number of nitrogens with one attached hydrogen (secondary N) is 3. The minimum absolute atomic E-state index is 0.0316. The van der Waals surface area contributed by atoms with Crippen LogP contribution in [-0.4, -0.2) is 68.9 Å². The maximum absolute atomic E-state index is 14.3. The van der Waals surface area contributed by atoms with Crippen LogP contribution in [0.5, 0.6) is 0 Å². The molecule has 6 atom stereocenters. The van der Waals surface area contributed by atoms with E-state index in [0.717, 1.165) is 51.3 Å². The van der Waals surface area contributed by atoms with Crippen molar-refractivity contribution in [3.63, 3.8) is 0 Å². The van der Waals surface area contributed by atoms with Gasteiger partial charge in [-0.1, -0.05) is 25.7 Å². The van der Waals surface area contributed by atoms with Crippen LogP contribution in [0.15, 0.2) is 23.3 Å². The molecule has 40 heavy (non-hydrogen) atoms. The van der Waals surface area contributed by atoms with E-state index in [4.69, 9.17) is 0 Å². The number of nitrogens with zero attached hydrogens (tertiary/aromatic N) is 4. The van der Waals surface area contributed by atoms with Crippen LogP contribution < -0.4 is 21.9 Å². The Labute approximate surface area is 237 Å². The number of hydrogen-bond donors (Lipinski definition) is 3. The van der Waals surface area contributed by atoms with E-state index in [2.05, 4.69) is 33.0 Å². The van der Waals surface area contributed by atoms with Crippen molar-refractivity contribution >= 4 is 17.3 Å². The number of alkyl halides is 3. The standard InChI is InChI=1S/C28H40F3N7OS/c1-35-15-33-34-26(35)25(18-4-2-5-18)19-6-3-7-20(9-19)37-13-23-21(28(29,30)31)8-17(11-38(23)27(37)39)10-36-12-22-24(14-36)40-16-32-22/h8,11,13,18-20,22,24-26,32-34H,2-7,9-10,12,14-16H2,1H3/t19?,20?,22?,24?,25-,26?/m1/s1. The van der Waals surface area contributed by atoms with Crippen molar-refractivity contribution in [1.82, 2.24) is 34.9 Å². The second-order valence-electron chi connectivity index (χ2n) is 12.7. The van der Waals surface area contributed by atoms with Gasteiger partial charge in [-0.15, -0.1) is 11.8 Å². The van der Waals surface area contributed by atoms with E-state index in [1.54, 1.807) is 10.8 Å². The number of rotatable bonds is 6. The molecule has 3 N–H and O–H groups in total. The molecule has 0 bridgehead atoms. The van der Waals surface area contributed by atoms with Gasteiger partial charge in [0.2, 0.25) is 0 Å². The molecule has 5 aliphatic rings. The summed E-state index contributed by atoms with van der Waals surface area (Å²) in [5, 5.41) is 3.95. The molecule has 0 radical (unpaired) electrons. The molecule has 2 saturated carbocycles. The lowest BCUT2D eigenvalue weighted by Gasteiger charge is -2.46. The maximum Gasteiger partial charge on any atom is 0.418 e. The number of imidazole rings is 1. The van der Waals surface area contributed by atoms with Crippen LogP contribution in [0.1, 0.15) is 62.1 Å². The van der Waals surface area contributed by atoms with E-state index < -0.39 is 11.7 Å². The van der Waals surface area contributed by atoms with Gasteiger partial charge in [-0.3, -0.25) is 18.8 Å². The highest BCUT2D eigenvalue weighted by Crippen LogP contribution is 2.47. The first kappa shape index (κ1) is 27.3. The van der Waals surface area contributed by atoms with E-state index in [0.29, 0.717) is 41.2 Å². The average Bonchev–Trinajstić information content (AvgIpc) is 3.65. The third kappa shape index (κ3) is 4.92. The number of hydrogen-bond acceptors (Lipinski definition) is 7. The van der Waals surface area contributed by atoms with Crippen molar-refractivity contribution in [2.75, 3.05) is 32.7 Å². The van der Waals surface area contributed by atoms with Gasteiger partial charge in [-0.05, 0) is 55.7 Å². The van der Waals surface area contributed by atoms with Crippen molar-refractivity contribution in [3.05, 3.63) is 40.1 Å². The summed E-state index contributed by atoms with van der Waals surface area (Å²) in [5.41, 5.74) is 6.21. The summed E-state index contributed by atoms with van der Waals surface area (Å²) in [5.74, 6) is 2.49. The number of fused-ring (bicyclic) bond motifs is 2. The number of likely N-dealkylation sites (tertiary alicyclic amines) is 1. The van der Waals surface area contributed by atoms with Crippen LogP contribution in [0, 0.1) is 17.8 Å². The summed E-state index contributed by atoms with van der Waals surface area (Å²) in [7, 11) is 2.13. The first-order chi connectivity index (χ1) is 19.3. The largest absolute Gasteiger partial charge is 0.418 e. The molecule has 0 amide bonds. The van der Waals surface area contributed by atoms with Gasteiger partial charge in [0, 0.05) is 55.2 Å². The zero-order chi connectivity index (χ0) is 27.6. The molecule has 3 saturated heterocycles. The van der Waals surface area contributed by atoms with Crippen LogP contribution in [0.4, 0.5) is 13.2 Å². The van der Waals surface area contributed by atoms with E-state index >= 15 is 0 Å². The molecule has 8 nitrogen and oxygen atoms in total. The Kier molecular flexibility index (Phi) is 7.23. The van der Waals surface area contributed by atoms with E-state index in [-0.39, 0.29) is 23.4 Å². The van der Waals surface area contributed by atoms with E-state index in [1.165, 1.54) is 35.9 Å². The minimum Gasteiger partial charge on any atom is -0.303 e. The molecule has 5 fully saturated rings. The number of aromatic nitrogens is 2. The highest BCUT2D eigenvalue weighted by molar-refractivity contribution is 8.00. The molecule has 12 heteroatoms. The number of thioether (sulfide) groups is 1. The quantitative estimate of drug-likeness (QED) is 0.485. The average molecular weight is 580 g/mol. The molecule has 2 aliphatic carbocycles. The fourth-order valence-electron chi connectivity index (χ4n) is 8.11. The molecule has 2 aromatic rings. The summed E-state index contributed by atoms with van der Waals surface area (Å²) in [6.45, 7) is 2.88. The SMILES string of the molecule is CN1CNNC1[C@H](C1CCC1)C1CCCC(n2cc3c(C(F)(F)F)cc(CN4CC5NCSC5C4)cn3c2=O)C1. The van der Waals surface area contributed by atoms with E-state index in [9.17, 15) is 18.0 Å². The monoisotopic (exact) mass is 579 g/mol. The zero-order valence-electron chi connectivity index (χ0n) is 23.0. The summed E-state index contributed by atoms with van der Waals surface area (Å²) in [6, 6.07) is 1.57. The summed E-state index contributed by atoms with van der Waals surface area (Å²) in [6.07, 6.45) is 6.34. The van der Waals surface area contributed by atoms with Crippen molar-refractivity contribution < 1.29 is 13.2 Å². The van der Waals surface area contributed by atoms with Gasteiger partial charge in [-0.2, -0.15) is 13.2 Å². The lowest BCUT2D eigenvalue weighted by atomic mass is 9.65. The first-order valence-corrected chi connectivity index (χ1v) is 15.9. The Balaban J connectivity index is 1.18. The predicted octanol–water partition coefficient (Wildman–Crippen LogP) is 3.44. The molecule has 0 aromatic carbocycles. The van der Waals surface area contributed by atoms with Crippen LogP contribution in [0.3, 0.4) is 0 Å². The number of pyridine rings is 1. The molecular formula is C28H40F3N7OS. The molecule has 0 spiro atoms. The van der Waals surface area contributed by atoms with Crippen molar-refractivity contribution in [2.24, 2.45) is 17.8 Å². The molecule has 3 aliphatic heterocycles. The Hall–Kier alpha value is -1.57. The van der Waals surface area contributed by atoms with Crippen LogP contribution >= 0.6 is 11.8 Å². The third-order valence-corrected chi connectivity index (χ3v) is 11.5. The van der Waals surface area contributed by atoms with Gasteiger partial charge >= 0.3 is 11.9 Å². The zero-order valence-corrected chi connectivity index (χ0v) is 23.8. The number of halogens is 3. The van der Waals surface area contributed by atoms with Gasteiger partial charge in [0.15, 0.2) is 0 Å².